The largest absolute Gasteiger partial charge is 0.310 e. The Morgan fingerprint density at radius 2 is 0.542 bits per heavy atom. The van der Waals surface area contributed by atoms with Crippen molar-refractivity contribution in [1.29, 1.82) is 0 Å². The van der Waals surface area contributed by atoms with Crippen LogP contribution in [0.1, 0.15) is 0 Å². The van der Waals surface area contributed by atoms with E-state index in [9.17, 15) is 0 Å². The van der Waals surface area contributed by atoms with Crippen LogP contribution in [0.15, 0.2) is 224 Å². The van der Waals surface area contributed by atoms with Gasteiger partial charge in [-0.2, -0.15) is 0 Å². The van der Waals surface area contributed by atoms with E-state index in [2.05, 4.69) is 239 Å². The number of hydrogen-bond acceptors (Lipinski definition) is 5. The molecule has 0 bridgehead atoms. The number of para-hydroxylation sites is 4. The first-order valence-corrected chi connectivity index (χ1v) is 21.5. The average Bonchev–Trinajstić information content (AvgIpc) is 3.86. The summed E-state index contributed by atoms with van der Waals surface area (Å²) in [4.78, 5) is 7.09. The van der Waals surface area contributed by atoms with Crippen LogP contribution >= 0.6 is 22.7 Å². The van der Waals surface area contributed by atoms with Crippen molar-refractivity contribution in [2.45, 2.75) is 0 Å². The van der Waals surface area contributed by atoms with Crippen molar-refractivity contribution >= 4 is 114 Å². The Kier molecular flexibility index (Phi) is 8.88. The van der Waals surface area contributed by atoms with Crippen molar-refractivity contribution < 1.29 is 0 Å². The lowest BCUT2D eigenvalue weighted by Crippen LogP contribution is -2.13. The van der Waals surface area contributed by atoms with E-state index < -0.39 is 0 Å². The molecule has 0 fully saturated rings. The van der Waals surface area contributed by atoms with Gasteiger partial charge in [0.25, 0.3) is 0 Å². The van der Waals surface area contributed by atoms with Gasteiger partial charge in [-0.15, -0.1) is 22.7 Å². The lowest BCUT2D eigenvalue weighted by atomic mass is 10.1. The standard InChI is InChI=1S/C54H37N3S2/c1-5-16-38(17-6-1)55(39-18-7-2-8-19-39)42-24-15-25-43(34-42)57(45-30-32-52-49(36-45)47-26-13-14-27-51(47)58-52)46-28-31-48-50-35-44(29-33-53(50)59-54(48)37-46)56(40-20-9-3-10-21-40)41-22-11-4-12-23-41/h1-37H. The summed E-state index contributed by atoms with van der Waals surface area (Å²) in [5, 5.41) is 5.07. The third kappa shape index (κ3) is 6.47. The van der Waals surface area contributed by atoms with E-state index in [0.717, 1.165) is 51.2 Å². The third-order valence-corrected chi connectivity index (χ3v) is 13.3. The van der Waals surface area contributed by atoms with Gasteiger partial charge in [-0.1, -0.05) is 103 Å². The monoisotopic (exact) mass is 791 g/mol. The zero-order valence-corrected chi connectivity index (χ0v) is 33.7. The van der Waals surface area contributed by atoms with Crippen LogP contribution in [0, 0.1) is 0 Å². The second-order valence-corrected chi connectivity index (χ2v) is 16.8. The van der Waals surface area contributed by atoms with Crippen LogP contribution in [0.25, 0.3) is 40.3 Å². The SMILES string of the molecule is c1ccc(N(c2ccccc2)c2cccc(N(c3ccc4c(c3)sc3ccc(N(c5ccccc5)c5ccccc5)cc34)c3ccc4sc5ccccc5c4c3)c2)cc1. The zero-order valence-electron chi connectivity index (χ0n) is 32.0. The number of hydrogen-bond donors (Lipinski definition) is 0. The minimum absolute atomic E-state index is 1.09. The smallest absolute Gasteiger partial charge is 0.0482 e. The molecule has 0 N–H and O–H groups in total. The minimum atomic E-state index is 1.09. The van der Waals surface area contributed by atoms with Crippen LogP contribution in [0.2, 0.25) is 0 Å². The number of anilines is 9. The Morgan fingerprint density at radius 1 is 0.203 bits per heavy atom. The van der Waals surface area contributed by atoms with Gasteiger partial charge in [-0.3, -0.25) is 0 Å². The van der Waals surface area contributed by atoms with Gasteiger partial charge in [0.05, 0.1) is 0 Å². The number of benzene rings is 9. The first-order valence-electron chi connectivity index (χ1n) is 19.8. The van der Waals surface area contributed by atoms with Crippen LogP contribution in [-0.2, 0) is 0 Å². The first kappa shape index (κ1) is 35.0. The van der Waals surface area contributed by atoms with Gasteiger partial charge in [0.2, 0.25) is 0 Å². The molecule has 0 aliphatic carbocycles. The molecule has 280 valence electrons. The number of fused-ring (bicyclic) bond motifs is 6. The Bertz CT molecular complexity index is 3150. The molecule has 0 amide bonds. The Labute approximate surface area is 351 Å². The van der Waals surface area contributed by atoms with Crippen molar-refractivity contribution in [3.63, 3.8) is 0 Å². The summed E-state index contributed by atoms with van der Waals surface area (Å²) in [6.07, 6.45) is 0. The molecule has 0 saturated heterocycles. The van der Waals surface area contributed by atoms with Crippen molar-refractivity contribution in [1.82, 2.24) is 0 Å². The Balaban J connectivity index is 1.07. The van der Waals surface area contributed by atoms with E-state index in [1.807, 2.05) is 22.7 Å². The van der Waals surface area contributed by atoms with Crippen LogP contribution in [0.5, 0.6) is 0 Å². The molecule has 5 heteroatoms. The molecule has 3 nitrogen and oxygen atoms in total. The predicted octanol–water partition coefficient (Wildman–Crippen LogP) is 16.8. The predicted molar refractivity (Wildman–Crippen MR) is 256 cm³/mol. The van der Waals surface area contributed by atoms with Gasteiger partial charge in [0.1, 0.15) is 0 Å². The van der Waals surface area contributed by atoms with Crippen molar-refractivity contribution in [3.05, 3.63) is 224 Å². The summed E-state index contributed by atoms with van der Waals surface area (Å²) in [6.45, 7) is 0. The molecule has 0 atom stereocenters. The molecule has 0 spiro atoms. The lowest BCUT2D eigenvalue weighted by Gasteiger charge is -2.29. The maximum absolute atomic E-state index is 2.42. The Hall–Kier alpha value is -7.18. The number of thiophene rings is 2. The van der Waals surface area contributed by atoms with Gasteiger partial charge in [0, 0.05) is 91.5 Å². The molecule has 0 aliphatic heterocycles. The van der Waals surface area contributed by atoms with Gasteiger partial charge >= 0.3 is 0 Å². The molecular weight excluding hydrogens is 755 g/mol. The van der Waals surface area contributed by atoms with Crippen molar-refractivity contribution in [2.24, 2.45) is 0 Å². The fraction of sp³-hybridized carbons (Fsp3) is 0. The van der Waals surface area contributed by atoms with Gasteiger partial charge in [0.15, 0.2) is 0 Å². The quantitative estimate of drug-likeness (QED) is 0.144. The molecule has 11 aromatic rings. The van der Waals surface area contributed by atoms with Gasteiger partial charge in [-0.05, 0) is 121 Å². The zero-order chi connectivity index (χ0) is 39.1. The summed E-state index contributed by atoms with van der Waals surface area (Å²) < 4.78 is 5.11. The molecule has 59 heavy (non-hydrogen) atoms. The summed E-state index contributed by atoms with van der Waals surface area (Å²) >= 11 is 3.71. The molecule has 0 aliphatic rings. The summed E-state index contributed by atoms with van der Waals surface area (Å²) in [7, 11) is 0. The lowest BCUT2D eigenvalue weighted by molar-refractivity contribution is 1.25. The molecule has 2 heterocycles. The van der Waals surface area contributed by atoms with E-state index in [-0.39, 0.29) is 0 Å². The molecule has 9 aromatic carbocycles. The second kappa shape index (κ2) is 15.0. The van der Waals surface area contributed by atoms with E-state index in [4.69, 9.17) is 0 Å². The molecule has 0 radical (unpaired) electrons. The third-order valence-electron chi connectivity index (χ3n) is 11.0. The van der Waals surface area contributed by atoms with E-state index in [1.54, 1.807) is 0 Å². The van der Waals surface area contributed by atoms with Gasteiger partial charge in [-0.25, -0.2) is 0 Å². The number of rotatable bonds is 9. The van der Waals surface area contributed by atoms with Crippen molar-refractivity contribution in [3.8, 4) is 0 Å². The average molecular weight is 792 g/mol. The molecule has 11 rings (SSSR count). The molecule has 0 unspecified atom stereocenters. The van der Waals surface area contributed by atoms with Crippen LogP contribution in [-0.4, -0.2) is 0 Å². The fourth-order valence-electron chi connectivity index (χ4n) is 8.31. The number of nitrogens with zero attached hydrogens (tertiary/aromatic N) is 3. The normalized spacial score (nSPS) is 11.4. The second-order valence-electron chi connectivity index (χ2n) is 14.6. The van der Waals surface area contributed by atoms with E-state index >= 15 is 0 Å². The highest BCUT2D eigenvalue weighted by molar-refractivity contribution is 7.26. The maximum atomic E-state index is 2.42. The summed E-state index contributed by atoms with van der Waals surface area (Å²) in [5.74, 6) is 0. The van der Waals surface area contributed by atoms with Crippen LogP contribution < -0.4 is 14.7 Å². The van der Waals surface area contributed by atoms with E-state index in [0.29, 0.717) is 0 Å². The van der Waals surface area contributed by atoms with Crippen LogP contribution in [0.4, 0.5) is 51.2 Å². The highest BCUT2D eigenvalue weighted by Gasteiger charge is 2.20. The maximum Gasteiger partial charge on any atom is 0.0482 e. The minimum Gasteiger partial charge on any atom is -0.310 e. The Morgan fingerprint density at radius 3 is 1.05 bits per heavy atom. The first-order chi connectivity index (χ1) is 29.2. The molecule has 0 saturated carbocycles. The van der Waals surface area contributed by atoms with Gasteiger partial charge < -0.3 is 14.7 Å². The van der Waals surface area contributed by atoms with E-state index in [1.165, 1.54) is 40.3 Å². The topological polar surface area (TPSA) is 9.72 Å². The van der Waals surface area contributed by atoms with Crippen molar-refractivity contribution in [2.75, 3.05) is 14.7 Å². The highest BCUT2D eigenvalue weighted by Crippen LogP contribution is 2.46. The van der Waals surface area contributed by atoms with Crippen LogP contribution in [0.3, 0.4) is 0 Å². The summed E-state index contributed by atoms with van der Waals surface area (Å²) in [6, 6.07) is 81.0. The highest BCUT2D eigenvalue weighted by atomic mass is 32.1. The molecule has 2 aromatic heterocycles. The molecular formula is C54H37N3S2. The fourth-order valence-corrected chi connectivity index (χ4v) is 10.5. The summed E-state index contributed by atoms with van der Waals surface area (Å²) in [5.41, 5.74) is 10.0.